The van der Waals surface area contributed by atoms with Crippen LogP contribution in [0, 0.1) is 13.8 Å². The fourth-order valence-electron chi connectivity index (χ4n) is 3.32. The van der Waals surface area contributed by atoms with Gasteiger partial charge in [0, 0.05) is 43.1 Å². The molecule has 9 heteroatoms. The maximum Gasteiger partial charge on any atom is 0.222 e. The van der Waals surface area contributed by atoms with Crippen LogP contribution in [0.25, 0.3) is 11.5 Å². The summed E-state index contributed by atoms with van der Waals surface area (Å²) >= 11 is 1.91. The Morgan fingerprint density at radius 3 is 2.70 bits per heavy atom. The summed E-state index contributed by atoms with van der Waals surface area (Å²) in [5.41, 5.74) is 2.68. The van der Waals surface area contributed by atoms with Gasteiger partial charge in [-0.05, 0) is 38.5 Å². The van der Waals surface area contributed by atoms with Crippen molar-refractivity contribution in [1.82, 2.24) is 34.5 Å². The topological polar surface area (TPSA) is 81.2 Å². The minimum atomic E-state index is 0.236. The summed E-state index contributed by atoms with van der Waals surface area (Å²) in [6.45, 7) is 5.70. The Kier molecular flexibility index (Phi) is 5.11. The first-order valence-electron chi connectivity index (χ1n) is 9.22. The summed E-state index contributed by atoms with van der Waals surface area (Å²) in [7, 11) is 0. The van der Waals surface area contributed by atoms with E-state index in [1.165, 1.54) is 0 Å². The number of aromatic nitrogens is 6. The monoisotopic (exact) mass is 385 g/mol. The van der Waals surface area contributed by atoms with Crippen molar-refractivity contribution in [2.24, 2.45) is 0 Å². The molecule has 0 unspecified atom stereocenters. The number of fused-ring (bicyclic) bond motifs is 1. The zero-order valence-corrected chi connectivity index (χ0v) is 16.4. The molecular formula is C18H23N7OS. The van der Waals surface area contributed by atoms with Gasteiger partial charge in [0.05, 0.1) is 5.69 Å². The van der Waals surface area contributed by atoms with Crippen LogP contribution in [0.3, 0.4) is 0 Å². The molecule has 27 heavy (non-hydrogen) atoms. The third-order valence-electron chi connectivity index (χ3n) is 4.69. The molecule has 8 nitrogen and oxygen atoms in total. The highest BCUT2D eigenvalue weighted by Gasteiger charge is 2.17. The van der Waals surface area contributed by atoms with Crippen LogP contribution in [-0.2, 0) is 11.2 Å². The summed E-state index contributed by atoms with van der Waals surface area (Å²) < 4.78 is 3.57. The Bertz CT molecular complexity index is 958. The first-order valence-corrected chi connectivity index (χ1v) is 10.4. The molecule has 0 spiro atoms. The van der Waals surface area contributed by atoms with E-state index in [0.717, 1.165) is 54.0 Å². The van der Waals surface area contributed by atoms with E-state index in [2.05, 4.69) is 20.4 Å². The molecule has 142 valence electrons. The van der Waals surface area contributed by atoms with Crippen LogP contribution in [-0.4, -0.2) is 65.0 Å². The van der Waals surface area contributed by atoms with Gasteiger partial charge in [0.1, 0.15) is 0 Å². The number of carbonyl (C=O) groups excluding carboxylic acids is 1. The molecule has 0 aromatic carbocycles. The van der Waals surface area contributed by atoms with Crippen molar-refractivity contribution >= 4 is 23.3 Å². The summed E-state index contributed by atoms with van der Waals surface area (Å²) in [6.07, 6.45) is 1.95. The fourth-order valence-corrected chi connectivity index (χ4v) is 4.23. The second-order valence-electron chi connectivity index (χ2n) is 6.76. The molecule has 1 saturated heterocycles. The zero-order valence-electron chi connectivity index (χ0n) is 15.6. The number of carbonyl (C=O) groups is 1. The smallest absolute Gasteiger partial charge is 0.222 e. The van der Waals surface area contributed by atoms with E-state index >= 15 is 0 Å². The molecule has 0 aliphatic carbocycles. The van der Waals surface area contributed by atoms with Crippen molar-refractivity contribution in [3.05, 3.63) is 35.4 Å². The van der Waals surface area contributed by atoms with Crippen LogP contribution >= 0.6 is 11.8 Å². The van der Waals surface area contributed by atoms with Crippen LogP contribution in [0.5, 0.6) is 0 Å². The number of aryl methyl sites for hydroxylation is 3. The standard InChI is InChI=1S/C18H23N7OS/c1-13-12-14(2)24(21-13)17-7-6-16-20-19-15(25(16)22-17)4-3-5-18(26)23-8-10-27-11-9-23/h6-7,12H,3-5,8-11H2,1-2H3. The van der Waals surface area contributed by atoms with E-state index in [9.17, 15) is 4.79 Å². The summed E-state index contributed by atoms with van der Waals surface area (Å²) in [5.74, 6) is 3.82. The van der Waals surface area contributed by atoms with Crippen molar-refractivity contribution < 1.29 is 4.79 Å². The first kappa shape index (κ1) is 18.0. The average molecular weight is 385 g/mol. The Morgan fingerprint density at radius 1 is 1.15 bits per heavy atom. The molecule has 3 aromatic rings. The van der Waals surface area contributed by atoms with E-state index < -0.39 is 0 Å². The van der Waals surface area contributed by atoms with Gasteiger partial charge < -0.3 is 4.90 Å². The Hall–Kier alpha value is -2.42. The lowest BCUT2D eigenvalue weighted by atomic mass is 10.2. The Labute approximate surface area is 161 Å². The molecule has 1 amide bonds. The highest BCUT2D eigenvalue weighted by Crippen LogP contribution is 2.14. The maximum absolute atomic E-state index is 12.3. The second-order valence-corrected chi connectivity index (χ2v) is 7.99. The largest absolute Gasteiger partial charge is 0.341 e. The molecule has 0 saturated carbocycles. The van der Waals surface area contributed by atoms with Crippen LogP contribution in [0.1, 0.15) is 30.1 Å². The minimum Gasteiger partial charge on any atom is -0.341 e. The number of amides is 1. The number of thioether (sulfide) groups is 1. The quantitative estimate of drug-likeness (QED) is 0.666. The predicted molar refractivity (Wildman–Crippen MR) is 104 cm³/mol. The van der Waals surface area contributed by atoms with E-state index in [1.54, 1.807) is 4.52 Å². The molecule has 1 aliphatic rings. The zero-order chi connectivity index (χ0) is 18.8. The number of rotatable bonds is 5. The first-order chi connectivity index (χ1) is 13.1. The van der Waals surface area contributed by atoms with E-state index in [-0.39, 0.29) is 5.91 Å². The Morgan fingerprint density at radius 2 is 1.96 bits per heavy atom. The molecule has 3 aromatic heterocycles. The van der Waals surface area contributed by atoms with Gasteiger partial charge in [-0.15, -0.1) is 15.3 Å². The molecule has 0 N–H and O–H groups in total. The summed E-state index contributed by atoms with van der Waals surface area (Å²) in [4.78, 5) is 14.3. The van der Waals surface area contributed by atoms with Crippen molar-refractivity contribution in [2.45, 2.75) is 33.1 Å². The van der Waals surface area contributed by atoms with Crippen LogP contribution in [0.15, 0.2) is 18.2 Å². The molecule has 4 heterocycles. The van der Waals surface area contributed by atoms with Crippen molar-refractivity contribution in [3.63, 3.8) is 0 Å². The highest BCUT2D eigenvalue weighted by molar-refractivity contribution is 7.99. The minimum absolute atomic E-state index is 0.236. The molecular weight excluding hydrogens is 362 g/mol. The number of hydrogen-bond donors (Lipinski definition) is 0. The lowest BCUT2D eigenvalue weighted by Crippen LogP contribution is -2.37. The van der Waals surface area contributed by atoms with Crippen LogP contribution in [0.4, 0.5) is 0 Å². The number of hydrogen-bond acceptors (Lipinski definition) is 6. The van der Waals surface area contributed by atoms with Gasteiger partial charge in [0.2, 0.25) is 5.91 Å². The molecule has 4 rings (SSSR count). The second kappa shape index (κ2) is 7.67. The molecule has 1 aliphatic heterocycles. The highest BCUT2D eigenvalue weighted by atomic mass is 32.2. The molecule has 0 atom stereocenters. The van der Waals surface area contributed by atoms with Gasteiger partial charge in [-0.25, -0.2) is 4.68 Å². The summed E-state index contributed by atoms with van der Waals surface area (Å²) in [5, 5.41) is 17.6. The normalized spacial score (nSPS) is 14.8. The molecule has 0 bridgehead atoms. The van der Waals surface area contributed by atoms with Crippen molar-refractivity contribution in [2.75, 3.05) is 24.6 Å². The summed E-state index contributed by atoms with van der Waals surface area (Å²) in [6, 6.07) is 5.81. The third kappa shape index (κ3) is 3.83. The van der Waals surface area contributed by atoms with Crippen molar-refractivity contribution in [3.8, 4) is 5.82 Å². The maximum atomic E-state index is 12.3. The van der Waals surface area contributed by atoms with Gasteiger partial charge in [-0.3, -0.25) is 4.79 Å². The molecule has 1 fully saturated rings. The van der Waals surface area contributed by atoms with Crippen molar-refractivity contribution in [1.29, 1.82) is 0 Å². The van der Waals surface area contributed by atoms with Gasteiger partial charge >= 0.3 is 0 Å². The Balaban J connectivity index is 1.46. The van der Waals surface area contributed by atoms with Gasteiger partial charge in [-0.1, -0.05) is 0 Å². The predicted octanol–water partition coefficient (Wildman–Crippen LogP) is 1.82. The van der Waals surface area contributed by atoms with E-state index in [1.807, 2.05) is 53.4 Å². The fraction of sp³-hybridized carbons (Fsp3) is 0.500. The van der Waals surface area contributed by atoms with Gasteiger partial charge in [0.25, 0.3) is 0 Å². The van der Waals surface area contributed by atoms with Crippen LogP contribution < -0.4 is 0 Å². The molecule has 0 radical (unpaired) electrons. The average Bonchev–Trinajstić information content (AvgIpc) is 3.24. The third-order valence-corrected chi connectivity index (χ3v) is 5.64. The number of nitrogens with zero attached hydrogens (tertiary/aromatic N) is 7. The lowest BCUT2D eigenvalue weighted by molar-refractivity contribution is -0.130. The SMILES string of the molecule is Cc1cc(C)n(-c2ccc3nnc(CCCC(=O)N4CCSCC4)n3n2)n1. The van der Waals surface area contributed by atoms with Gasteiger partial charge in [-0.2, -0.15) is 21.4 Å². The van der Waals surface area contributed by atoms with Gasteiger partial charge in [0.15, 0.2) is 17.3 Å². The van der Waals surface area contributed by atoms with Crippen LogP contribution in [0.2, 0.25) is 0 Å². The van der Waals surface area contributed by atoms with E-state index in [4.69, 9.17) is 0 Å². The lowest BCUT2D eigenvalue weighted by Gasteiger charge is -2.26. The van der Waals surface area contributed by atoms with E-state index in [0.29, 0.717) is 18.5 Å².